The van der Waals surface area contributed by atoms with Crippen molar-refractivity contribution < 1.29 is 14.6 Å². The normalized spacial score (nSPS) is 22.7. The number of amides is 1. The molecule has 1 atom stereocenters. The molecule has 0 aromatic heterocycles. The zero-order valence-corrected chi connectivity index (χ0v) is 10.4. The van der Waals surface area contributed by atoms with Crippen LogP contribution in [0.5, 0.6) is 0 Å². The first-order valence-corrected chi connectivity index (χ1v) is 6.51. The Morgan fingerprint density at radius 1 is 1.59 bits per heavy atom. The Bertz CT molecular complexity index is 424. The summed E-state index contributed by atoms with van der Waals surface area (Å²) in [7, 11) is 1.31. The van der Waals surface area contributed by atoms with E-state index in [9.17, 15) is 9.90 Å². The number of carbonyl (C=O) groups excluding carboxylic acids is 1. The molecule has 17 heavy (non-hydrogen) atoms. The zero-order valence-electron chi connectivity index (χ0n) is 9.60. The third kappa shape index (κ3) is 2.56. The molecular weight excluding hydrogens is 238 g/mol. The lowest BCUT2D eigenvalue weighted by atomic mass is 9.91. The molecule has 0 bridgehead atoms. The van der Waals surface area contributed by atoms with Gasteiger partial charge in [-0.1, -0.05) is 24.3 Å². The number of ether oxygens (including phenoxy) is 1. The van der Waals surface area contributed by atoms with Crippen molar-refractivity contribution in [1.29, 1.82) is 0 Å². The van der Waals surface area contributed by atoms with Crippen LogP contribution in [0.3, 0.4) is 0 Å². The topological polar surface area (TPSA) is 58.6 Å². The van der Waals surface area contributed by atoms with Gasteiger partial charge in [-0.15, -0.1) is 0 Å². The number of benzene rings is 1. The average molecular weight is 253 g/mol. The minimum Gasteiger partial charge on any atom is -0.453 e. The van der Waals surface area contributed by atoms with Crippen LogP contribution in [0, 0.1) is 0 Å². The molecule has 1 aliphatic heterocycles. The number of alkyl carbamates (subject to hydrolysis) is 1. The lowest BCUT2D eigenvalue weighted by Crippen LogP contribution is -2.44. The van der Waals surface area contributed by atoms with Gasteiger partial charge in [-0.05, 0) is 11.1 Å². The maximum atomic E-state index is 11.1. The SMILES string of the molecule is COC(=O)NCC1(O)CSCc2ccccc21. The molecule has 1 aliphatic rings. The summed E-state index contributed by atoms with van der Waals surface area (Å²) in [5.41, 5.74) is 1.02. The fourth-order valence-corrected chi connectivity index (χ4v) is 3.11. The van der Waals surface area contributed by atoms with Crippen LogP contribution in [0.25, 0.3) is 0 Å². The Labute approximate surface area is 104 Å². The van der Waals surface area contributed by atoms with Crippen LogP contribution in [-0.2, 0) is 16.1 Å². The van der Waals surface area contributed by atoms with E-state index in [0.29, 0.717) is 5.75 Å². The highest BCUT2D eigenvalue weighted by atomic mass is 32.2. The molecule has 0 spiro atoms. The molecule has 4 nitrogen and oxygen atoms in total. The molecule has 2 N–H and O–H groups in total. The smallest absolute Gasteiger partial charge is 0.406 e. The maximum absolute atomic E-state index is 11.1. The molecule has 2 rings (SSSR count). The molecule has 92 valence electrons. The van der Waals surface area contributed by atoms with E-state index in [4.69, 9.17) is 0 Å². The summed E-state index contributed by atoms with van der Waals surface area (Å²) in [6.07, 6.45) is -0.522. The highest BCUT2D eigenvalue weighted by Crippen LogP contribution is 2.35. The number of thioether (sulfide) groups is 1. The van der Waals surface area contributed by atoms with Crippen LogP contribution in [0.2, 0.25) is 0 Å². The summed E-state index contributed by atoms with van der Waals surface area (Å²) in [4.78, 5) is 11.1. The second-order valence-electron chi connectivity index (χ2n) is 4.03. The van der Waals surface area contributed by atoms with Gasteiger partial charge in [0.05, 0.1) is 13.7 Å². The van der Waals surface area contributed by atoms with E-state index in [1.54, 1.807) is 11.8 Å². The van der Waals surface area contributed by atoms with Crippen LogP contribution in [0.15, 0.2) is 24.3 Å². The number of methoxy groups -OCH3 is 1. The number of carbonyl (C=O) groups is 1. The van der Waals surface area contributed by atoms with Crippen LogP contribution in [0.4, 0.5) is 4.79 Å². The molecule has 1 aromatic rings. The van der Waals surface area contributed by atoms with Crippen LogP contribution >= 0.6 is 11.8 Å². The van der Waals surface area contributed by atoms with Gasteiger partial charge in [0.25, 0.3) is 0 Å². The molecule has 1 amide bonds. The monoisotopic (exact) mass is 253 g/mol. The van der Waals surface area contributed by atoms with Crippen LogP contribution in [-0.4, -0.2) is 30.6 Å². The third-order valence-corrected chi connectivity index (χ3v) is 4.02. The lowest BCUT2D eigenvalue weighted by molar-refractivity contribution is 0.0583. The second-order valence-corrected chi connectivity index (χ2v) is 5.01. The van der Waals surface area contributed by atoms with Gasteiger partial charge in [0.2, 0.25) is 0 Å². The summed E-state index contributed by atoms with van der Waals surface area (Å²) in [6.45, 7) is 0.170. The van der Waals surface area contributed by atoms with Crippen molar-refractivity contribution in [2.24, 2.45) is 0 Å². The van der Waals surface area contributed by atoms with Gasteiger partial charge >= 0.3 is 6.09 Å². The molecule has 0 aliphatic carbocycles. The van der Waals surface area contributed by atoms with Gasteiger partial charge in [0, 0.05) is 11.5 Å². The van der Waals surface area contributed by atoms with Crippen LogP contribution < -0.4 is 5.32 Å². The predicted octanol–water partition coefficient (Wildman–Crippen LogP) is 1.48. The number of hydrogen-bond acceptors (Lipinski definition) is 4. The lowest BCUT2D eigenvalue weighted by Gasteiger charge is -2.34. The first kappa shape index (κ1) is 12.3. The predicted molar refractivity (Wildman–Crippen MR) is 66.9 cm³/mol. The first-order valence-electron chi connectivity index (χ1n) is 5.36. The molecular formula is C12H15NO3S. The van der Waals surface area contributed by atoms with Crippen molar-refractivity contribution >= 4 is 17.9 Å². The molecule has 0 saturated heterocycles. The number of nitrogens with one attached hydrogen (secondary N) is 1. The van der Waals surface area contributed by atoms with Gasteiger partial charge in [-0.3, -0.25) is 0 Å². The number of aliphatic hydroxyl groups is 1. The molecule has 1 heterocycles. The van der Waals surface area contributed by atoms with Crippen molar-refractivity contribution in [3.05, 3.63) is 35.4 Å². The van der Waals surface area contributed by atoms with E-state index in [2.05, 4.69) is 10.1 Å². The zero-order chi connectivity index (χ0) is 12.3. The van der Waals surface area contributed by atoms with E-state index >= 15 is 0 Å². The Morgan fingerprint density at radius 3 is 3.12 bits per heavy atom. The summed E-state index contributed by atoms with van der Waals surface area (Å²) in [5.74, 6) is 1.48. The fraction of sp³-hybridized carbons (Fsp3) is 0.417. The van der Waals surface area contributed by atoms with Crippen molar-refractivity contribution in [2.75, 3.05) is 19.4 Å². The molecule has 0 radical (unpaired) electrons. The maximum Gasteiger partial charge on any atom is 0.406 e. The molecule has 1 unspecified atom stereocenters. The number of fused-ring (bicyclic) bond motifs is 1. The molecule has 0 fully saturated rings. The van der Waals surface area contributed by atoms with Crippen molar-refractivity contribution in [1.82, 2.24) is 5.32 Å². The van der Waals surface area contributed by atoms with E-state index < -0.39 is 11.7 Å². The summed E-state index contributed by atoms with van der Waals surface area (Å²) >= 11 is 1.66. The van der Waals surface area contributed by atoms with Crippen LogP contribution in [0.1, 0.15) is 11.1 Å². The molecule has 1 aromatic carbocycles. The molecule has 0 saturated carbocycles. The summed E-state index contributed by atoms with van der Waals surface area (Å²) in [5, 5.41) is 13.1. The van der Waals surface area contributed by atoms with Gasteiger partial charge in [0.1, 0.15) is 5.60 Å². The Balaban J connectivity index is 2.18. The standard InChI is InChI=1S/C12H15NO3S/c1-16-11(14)13-7-12(15)8-17-6-9-4-2-3-5-10(9)12/h2-5,15H,6-8H2,1H3,(H,13,14). The van der Waals surface area contributed by atoms with E-state index in [1.807, 2.05) is 24.3 Å². The first-order chi connectivity index (χ1) is 8.15. The Kier molecular flexibility index (Phi) is 3.59. The number of hydrogen-bond donors (Lipinski definition) is 2. The van der Waals surface area contributed by atoms with E-state index in [0.717, 1.165) is 16.9 Å². The average Bonchev–Trinajstić information content (AvgIpc) is 2.37. The second kappa shape index (κ2) is 4.98. The van der Waals surface area contributed by atoms with Gasteiger partial charge in [-0.25, -0.2) is 4.79 Å². The molecule has 5 heteroatoms. The van der Waals surface area contributed by atoms with Gasteiger partial charge in [0.15, 0.2) is 0 Å². The minimum absolute atomic E-state index is 0.170. The Hall–Kier alpha value is -1.20. The highest BCUT2D eigenvalue weighted by molar-refractivity contribution is 7.98. The fourth-order valence-electron chi connectivity index (χ4n) is 1.94. The quantitative estimate of drug-likeness (QED) is 0.838. The summed E-state index contributed by atoms with van der Waals surface area (Å²) < 4.78 is 4.51. The van der Waals surface area contributed by atoms with E-state index in [-0.39, 0.29) is 6.54 Å². The van der Waals surface area contributed by atoms with Crippen molar-refractivity contribution in [3.63, 3.8) is 0 Å². The highest BCUT2D eigenvalue weighted by Gasteiger charge is 2.34. The Morgan fingerprint density at radius 2 is 2.35 bits per heavy atom. The van der Waals surface area contributed by atoms with Crippen molar-refractivity contribution in [3.8, 4) is 0 Å². The summed E-state index contributed by atoms with van der Waals surface area (Å²) in [6, 6.07) is 7.77. The van der Waals surface area contributed by atoms with Gasteiger partial charge < -0.3 is 15.2 Å². The van der Waals surface area contributed by atoms with Crippen molar-refractivity contribution in [2.45, 2.75) is 11.4 Å². The van der Waals surface area contributed by atoms with Gasteiger partial charge in [-0.2, -0.15) is 11.8 Å². The minimum atomic E-state index is -1.01. The van der Waals surface area contributed by atoms with E-state index in [1.165, 1.54) is 7.11 Å². The third-order valence-electron chi connectivity index (χ3n) is 2.83. The number of rotatable bonds is 2. The largest absolute Gasteiger partial charge is 0.453 e.